The lowest BCUT2D eigenvalue weighted by atomic mass is 10.2. The van der Waals surface area contributed by atoms with Gasteiger partial charge in [-0.1, -0.05) is 18.2 Å². The second-order valence-electron chi connectivity index (χ2n) is 2.89. The van der Waals surface area contributed by atoms with Crippen molar-refractivity contribution in [3.8, 4) is 5.75 Å². The zero-order valence-corrected chi connectivity index (χ0v) is 7.01. The first-order chi connectivity index (χ1) is 6.27. The summed E-state index contributed by atoms with van der Waals surface area (Å²) in [6.45, 7) is 0. The Labute approximate surface area is 75.9 Å². The summed E-state index contributed by atoms with van der Waals surface area (Å²) in [7, 11) is 0. The normalized spacial score (nSPS) is 21.2. The highest BCUT2D eigenvalue weighted by Crippen LogP contribution is 2.19. The molecule has 4 heteroatoms. The summed E-state index contributed by atoms with van der Waals surface area (Å²) >= 11 is 0. The Morgan fingerprint density at radius 2 is 2.08 bits per heavy atom. The number of nitrogens with two attached hydrogens (primary N) is 1. The molecule has 0 saturated carbocycles. The number of hydrogen-bond donors (Lipinski definition) is 1. The first kappa shape index (κ1) is 8.07. The summed E-state index contributed by atoms with van der Waals surface area (Å²) in [5, 5.41) is 1.10. The predicted octanol–water partition coefficient (Wildman–Crippen LogP) is 0.497. The number of rotatable bonds is 2. The van der Waals surface area contributed by atoms with Crippen LogP contribution in [0.4, 0.5) is 0 Å². The Hall–Kier alpha value is -1.55. The molecule has 1 unspecified atom stereocenters. The van der Waals surface area contributed by atoms with Crippen LogP contribution in [0.3, 0.4) is 0 Å². The van der Waals surface area contributed by atoms with E-state index in [9.17, 15) is 4.79 Å². The van der Waals surface area contributed by atoms with Crippen molar-refractivity contribution in [1.29, 1.82) is 0 Å². The maximum atomic E-state index is 10.8. The average Bonchev–Trinajstić information content (AvgIpc) is 2.19. The van der Waals surface area contributed by atoms with Gasteiger partial charge in [0.25, 0.3) is 0 Å². The summed E-state index contributed by atoms with van der Waals surface area (Å²) < 4.78 is 5.41. The molecule has 1 aliphatic rings. The second-order valence-corrected chi connectivity index (χ2v) is 2.89. The Balaban J connectivity index is 1.97. The van der Waals surface area contributed by atoms with Gasteiger partial charge in [0.1, 0.15) is 5.75 Å². The maximum Gasteiger partial charge on any atom is 0.245 e. The molecule has 2 rings (SSSR count). The van der Waals surface area contributed by atoms with Crippen molar-refractivity contribution < 1.29 is 9.53 Å². The van der Waals surface area contributed by atoms with Crippen molar-refractivity contribution in [3.63, 3.8) is 0 Å². The van der Waals surface area contributed by atoms with E-state index in [1.54, 1.807) is 0 Å². The zero-order chi connectivity index (χ0) is 9.26. The summed E-state index contributed by atoms with van der Waals surface area (Å²) in [5.74, 6) is 6.02. The van der Waals surface area contributed by atoms with Crippen molar-refractivity contribution in [2.24, 2.45) is 5.84 Å². The van der Waals surface area contributed by atoms with Crippen molar-refractivity contribution in [2.45, 2.75) is 12.6 Å². The van der Waals surface area contributed by atoms with E-state index in [1.165, 1.54) is 0 Å². The van der Waals surface area contributed by atoms with Gasteiger partial charge < -0.3 is 4.74 Å². The van der Waals surface area contributed by atoms with Crippen LogP contribution in [0.25, 0.3) is 0 Å². The molecule has 0 aliphatic carbocycles. The lowest BCUT2D eigenvalue weighted by Crippen LogP contribution is -2.59. The molecule has 0 spiro atoms. The van der Waals surface area contributed by atoms with Gasteiger partial charge in [-0.15, -0.1) is 0 Å². The number of carbonyl (C=O) groups excluding carboxylic acids is 1. The third-order valence-electron chi connectivity index (χ3n) is 1.96. The Morgan fingerprint density at radius 3 is 2.62 bits per heavy atom. The molecule has 1 aliphatic heterocycles. The van der Waals surface area contributed by atoms with Gasteiger partial charge in [-0.05, 0) is 12.1 Å². The summed E-state index contributed by atoms with van der Waals surface area (Å²) in [6.07, 6.45) is 0.0701. The number of carbonyl (C=O) groups is 1. The molecule has 1 heterocycles. The van der Waals surface area contributed by atoms with E-state index in [0.29, 0.717) is 6.42 Å². The van der Waals surface area contributed by atoms with Crippen molar-refractivity contribution in [1.82, 2.24) is 5.01 Å². The molecule has 1 amide bonds. The number of ether oxygens (including phenoxy) is 1. The first-order valence-corrected chi connectivity index (χ1v) is 4.06. The number of para-hydroxylation sites is 1. The van der Waals surface area contributed by atoms with E-state index in [-0.39, 0.29) is 12.1 Å². The number of amides is 1. The van der Waals surface area contributed by atoms with Crippen molar-refractivity contribution >= 4 is 5.91 Å². The van der Waals surface area contributed by atoms with E-state index in [2.05, 4.69) is 0 Å². The van der Waals surface area contributed by atoms with Crippen LogP contribution in [-0.2, 0) is 4.79 Å². The fourth-order valence-electron chi connectivity index (χ4n) is 1.16. The van der Waals surface area contributed by atoms with Crippen LogP contribution in [0, 0.1) is 0 Å². The number of benzene rings is 1. The molecule has 0 bridgehead atoms. The van der Waals surface area contributed by atoms with E-state index >= 15 is 0 Å². The molecular formula is C9H10N2O2. The number of β-lactam (4-membered cyclic amide) rings is 1. The number of hydrazine groups is 1. The highest BCUT2D eigenvalue weighted by atomic mass is 16.5. The van der Waals surface area contributed by atoms with E-state index in [0.717, 1.165) is 10.8 Å². The molecule has 0 radical (unpaired) electrons. The highest BCUT2D eigenvalue weighted by molar-refractivity contribution is 5.81. The molecule has 1 fully saturated rings. The van der Waals surface area contributed by atoms with Gasteiger partial charge in [0.15, 0.2) is 6.23 Å². The second kappa shape index (κ2) is 3.06. The SMILES string of the molecule is NN1C(=O)CC1Oc1ccccc1. The predicted molar refractivity (Wildman–Crippen MR) is 46.5 cm³/mol. The molecule has 1 atom stereocenters. The summed E-state index contributed by atoms with van der Waals surface area (Å²) in [5.41, 5.74) is 0. The molecular weight excluding hydrogens is 168 g/mol. The Bertz CT molecular complexity index is 313. The maximum absolute atomic E-state index is 10.8. The molecule has 4 nitrogen and oxygen atoms in total. The van der Waals surface area contributed by atoms with Crippen molar-refractivity contribution in [3.05, 3.63) is 30.3 Å². The lowest BCUT2D eigenvalue weighted by molar-refractivity contribution is -0.161. The molecule has 1 aromatic rings. The van der Waals surface area contributed by atoms with Crippen LogP contribution in [0.15, 0.2) is 30.3 Å². The quantitative estimate of drug-likeness (QED) is 0.407. The largest absolute Gasteiger partial charge is 0.469 e. The average molecular weight is 178 g/mol. The van der Waals surface area contributed by atoms with Crippen LogP contribution >= 0.6 is 0 Å². The Kier molecular flexibility index (Phi) is 1.90. The minimum absolute atomic E-state index is 0.0825. The van der Waals surface area contributed by atoms with Gasteiger partial charge in [-0.2, -0.15) is 0 Å². The minimum Gasteiger partial charge on any atom is -0.469 e. The molecule has 0 aromatic heterocycles. The van der Waals surface area contributed by atoms with Crippen LogP contribution in [0.5, 0.6) is 5.75 Å². The Morgan fingerprint density at radius 1 is 1.38 bits per heavy atom. The van der Waals surface area contributed by atoms with Gasteiger partial charge in [0.05, 0.1) is 6.42 Å². The van der Waals surface area contributed by atoms with Crippen LogP contribution in [0.2, 0.25) is 0 Å². The molecule has 2 N–H and O–H groups in total. The molecule has 13 heavy (non-hydrogen) atoms. The lowest BCUT2D eigenvalue weighted by Gasteiger charge is -2.35. The van der Waals surface area contributed by atoms with Crippen LogP contribution in [0.1, 0.15) is 6.42 Å². The minimum atomic E-state index is -0.296. The highest BCUT2D eigenvalue weighted by Gasteiger charge is 2.35. The van der Waals surface area contributed by atoms with Gasteiger partial charge in [0.2, 0.25) is 5.91 Å². The molecule has 1 saturated heterocycles. The fraction of sp³-hybridized carbons (Fsp3) is 0.222. The summed E-state index contributed by atoms with van der Waals surface area (Å²) in [4.78, 5) is 10.8. The van der Waals surface area contributed by atoms with Gasteiger partial charge in [-0.25, -0.2) is 10.9 Å². The van der Waals surface area contributed by atoms with E-state index < -0.39 is 0 Å². The van der Waals surface area contributed by atoms with Gasteiger partial charge in [-0.3, -0.25) is 4.79 Å². The molecule has 68 valence electrons. The zero-order valence-electron chi connectivity index (χ0n) is 7.01. The van der Waals surface area contributed by atoms with Crippen LogP contribution < -0.4 is 10.6 Å². The van der Waals surface area contributed by atoms with E-state index in [1.807, 2.05) is 30.3 Å². The van der Waals surface area contributed by atoms with Crippen LogP contribution in [-0.4, -0.2) is 17.1 Å². The number of hydrogen-bond acceptors (Lipinski definition) is 3. The number of nitrogens with zero attached hydrogens (tertiary/aromatic N) is 1. The van der Waals surface area contributed by atoms with Crippen molar-refractivity contribution in [2.75, 3.05) is 0 Å². The first-order valence-electron chi connectivity index (χ1n) is 4.06. The standard InChI is InChI=1S/C9H10N2O2/c10-11-8(12)6-9(11)13-7-4-2-1-3-5-7/h1-5,9H,6,10H2. The summed E-state index contributed by atoms with van der Waals surface area (Å²) in [6, 6.07) is 9.31. The molecule has 1 aromatic carbocycles. The van der Waals surface area contributed by atoms with E-state index in [4.69, 9.17) is 10.6 Å². The fourth-order valence-corrected chi connectivity index (χ4v) is 1.16. The third kappa shape index (κ3) is 1.48. The smallest absolute Gasteiger partial charge is 0.245 e. The third-order valence-corrected chi connectivity index (χ3v) is 1.96. The van der Waals surface area contributed by atoms with Gasteiger partial charge >= 0.3 is 0 Å². The van der Waals surface area contributed by atoms with Gasteiger partial charge in [0, 0.05) is 0 Å². The topological polar surface area (TPSA) is 55.6 Å². The monoisotopic (exact) mass is 178 g/mol.